The van der Waals surface area contributed by atoms with Crippen LogP contribution in [0.25, 0.3) is 0 Å². The normalized spacial score (nSPS) is 15.7. The molecule has 114 valence electrons. The van der Waals surface area contributed by atoms with E-state index in [4.69, 9.17) is 5.73 Å². The maximum Gasteiger partial charge on any atom is 0.269 e. The Morgan fingerprint density at radius 2 is 1.77 bits per heavy atom. The number of aromatic nitrogens is 2. The molecule has 1 amide bonds. The van der Waals surface area contributed by atoms with Crippen LogP contribution in [0.5, 0.6) is 5.75 Å². The lowest BCUT2D eigenvalue weighted by Crippen LogP contribution is -2.33. The van der Waals surface area contributed by atoms with Crippen LogP contribution in [0.1, 0.15) is 34.8 Å². The van der Waals surface area contributed by atoms with Crippen LogP contribution in [0.3, 0.4) is 0 Å². The van der Waals surface area contributed by atoms with Crippen LogP contribution in [0.4, 0.5) is 5.82 Å². The molecule has 0 radical (unpaired) electrons. The van der Waals surface area contributed by atoms with Crippen LogP contribution in [-0.4, -0.2) is 34.3 Å². The van der Waals surface area contributed by atoms with E-state index >= 15 is 0 Å². The van der Waals surface area contributed by atoms with Gasteiger partial charge in [0, 0.05) is 13.1 Å². The fraction of sp³-hybridized carbons (Fsp3) is 0.312. The third-order valence-electron chi connectivity index (χ3n) is 4.09. The molecular weight excluding hydrogens is 280 g/mol. The van der Waals surface area contributed by atoms with Gasteiger partial charge in [0.15, 0.2) is 11.5 Å². The van der Waals surface area contributed by atoms with E-state index in [0.717, 1.165) is 31.7 Å². The van der Waals surface area contributed by atoms with E-state index in [1.807, 2.05) is 12.1 Å². The van der Waals surface area contributed by atoms with E-state index < -0.39 is 5.91 Å². The topological polar surface area (TPSA) is 92.3 Å². The van der Waals surface area contributed by atoms with Crippen molar-refractivity contribution < 1.29 is 9.90 Å². The summed E-state index contributed by atoms with van der Waals surface area (Å²) in [5.74, 6) is 1.000. The highest BCUT2D eigenvalue weighted by atomic mass is 16.3. The Bertz CT molecular complexity index is 647. The first kappa shape index (κ1) is 14.3. The van der Waals surface area contributed by atoms with Crippen LogP contribution >= 0.6 is 0 Å². The Balaban J connectivity index is 1.63. The quantitative estimate of drug-likeness (QED) is 0.899. The number of anilines is 1. The molecule has 2 aromatic rings. The number of hydrogen-bond acceptors (Lipinski definition) is 5. The molecule has 0 saturated carbocycles. The molecule has 1 aliphatic rings. The number of primary amides is 1. The minimum Gasteiger partial charge on any atom is -0.508 e. The fourth-order valence-corrected chi connectivity index (χ4v) is 2.81. The Morgan fingerprint density at radius 3 is 2.32 bits per heavy atom. The van der Waals surface area contributed by atoms with E-state index in [2.05, 4.69) is 15.1 Å². The van der Waals surface area contributed by atoms with Crippen molar-refractivity contribution in [2.24, 2.45) is 5.73 Å². The molecule has 1 aliphatic heterocycles. The average molecular weight is 298 g/mol. The summed E-state index contributed by atoms with van der Waals surface area (Å²) in [6, 6.07) is 10.8. The predicted molar refractivity (Wildman–Crippen MR) is 82.8 cm³/mol. The molecular formula is C16H18N4O2. The molecule has 0 unspecified atom stereocenters. The maximum absolute atomic E-state index is 11.0. The number of phenols is 1. The summed E-state index contributed by atoms with van der Waals surface area (Å²) in [4.78, 5) is 13.2. The summed E-state index contributed by atoms with van der Waals surface area (Å²) in [6.45, 7) is 1.77. The number of rotatable bonds is 3. The highest BCUT2D eigenvalue weighted by Gasteiger charge is 2.21. The first-order valence-electron chi connectivity index (χ1n) is 7.31. The van der Waals surface area contributed by atoms with Crippen LogP contribution in [0, 0.1) is 0 Å². The molecule has 1 fully saturated rings. The lowest BCUT2D eigenvalue weighted by Gasteiger charge is -2.32. The van der Waals surface area contributed by atoms with Gasteiger partial charge in [-0.25, -0.2) is 0 Å². The zero-order chi connectivity index (χ0) is 15.5. The first-order valence-corrected chi connectivity index (χ1v) is 7.31. The van der Waals surface area contributed by atoms with Crippen molar-refractivity contribution in [1.82, 2.24) is 10.2 Å². The van der Waals surface area contributed by atoms with Crippen molar-refractivity contribution in [3.05, 3.63) is 47.7 Å². The third kappa shape index (κ3) is 3.00. The number of nitrogens with zero attached hydrogens (tertiary/aromatic N) is 3. The van der Waals surface area contributed by atoms with Crippen molar-refractivity contribution >= 4 is 11.7 Å². The van der Waals surface area contributed by atoms with Gasteiger partial charge in [0.2, 0.25) is 0 Å². The molecule has 6 nitrogen and oxygen atoms in total. The maximum atomic E-state index is 11.0. The van der Waals surface area contributed by atoms with Gasteiger partial charge in [-0.1, -0.05) is 12.1 Å². The number of piperidine rings is 1. The summed E-state index contributed by atoms with van der Waals surface area (Å²) in [7, 11) is 0. The second kappa shape index (κ2) is 6.01. The van der Waals surface area contributed by atoms with Crippen LogP contribution in [-0.2, 0) is 0 Å². The predicted octanol–water partition coefficient (Wildman–Crippen LogP) is 1.67. The van der Waals surface area contributed by atoms with Crippen molar-refractivity contribution in [2.75, 3.05) is 18.0 Å². The lowest BCUT2D eigenvalue weighted by molar-refractivity contribution is 0.0994. The largest absolute Gasteiger partial charge is 0.508 e. The van der Waals surface area contributed by atoms with E-state index in [1.54, 1.807) is 24.3 Å². The molecule has 22 heavy (non-hydrogen) atoms. The molecule has 2 heterocycles. The highest BCUT2D eigenvalue weighted by Crippen LogP contribution is 2.30. The van der Waals surface area contributed by atoms with Gasteiger partial charge in [0.25, 0.3) is 5.91 Å². The van der Waals surface area contributed by atoms with Crippen molar-refractivity contribution in [1.29, 1.82) is 0 Å². The second-order valence-corrected chi connectivity index (χ2v) is 5.49. The van der Waals surface area contributed by atoms with Gasteiger partial charge in [-0.2, -0.15) is 0 Å². The van der Waals surface area contributed by atoms with Gasteiger partial charge in [-0.3, -0.25) is 4.79 Å². The minimum atomic E-state index is -0.565. The molecule has 1 aromatic carbocycles. The van der Waals surface area contributed by atoms with Crippen molar-refractivity contribution in [3.63, 3.8) is 0 Å². The number of phenolic OH excluding ortho intramolecular Hbond substituents is 1. The van der Waals surface area contributed by atoms with Gasteiger partial charge in [-0.05, 0) is 48.6 Å². The Morgan fingerprint density at radius 1 is 1.09 bits per heavy atom. The van der Waals surface area contributed by atoms with E-state index in [9.17, 15) is 9.90 Å². The van der Waals surface area contributed by atoms with Crippen LogP contribution in [0.15, 0.2) is 36.4 Å². The summed E-state index contributed by atoms with van der Waals surface area (Å²) >= 11 is 0. The highest BCUT2D eigenvalue weighted by molar-refractivity contribution is 5.90. The molecule has 3 rings (SSSR count). The number of amides is 1. The molecule has 0 aliphatic carbocycles. The summed E-state index contributed by atoms with van der Waals surface area (Å²) in [6.07, 6.45) is 2.04. The Hall–Kier alpha value is -2.63. The molecule has 1 aromatic heterocycles. The van der Waals surface area contributed by atoms with Gasteiger partial charge >= 0.3 is 0 Å². The standard InChI is InChI=1S/C16H18N4O2/c17-16(22)14-5-6-15(19-18-14)20-9-7-12(8-10-20)11-1-3-13(21)4-2-11/h1-6,12,21H,7-10H2,(H2,17,22). The summed E-state index contributed by atoms with van der Waals surface area (Å²) in [5, 5.41) is 17.3. The first-order chi connectivity index (χ1) is 10.6. The molecule has 6 heteroatoms. The SMILES string of the molecule is NC(=O)c1ccc(N2CCC(c3ccc(O)cc3)CC2)nn1. The lowest BCUT2D eigenvalue weighted by atomic mass is 9.89. The number of carbonyl (C=O) groups is 1. The average Bonchev–Trinajstić information content (AvgIpc) is 2.56. The zero-order valence-corrected chi connectivity index (χ0v) is 12.1. The molecule has 0 spiro atoms. The van der Waals surface area contributed by atoms with Crippen molar-refractivity contribution in [2.45, 2.75) is 18.8 Å². The molecule has 1 saturated heterocycles. The van der Waals surface area contributed by atoms with Crippen LogP contribution < -0.4 is 10.6 Å². The Labute approximate surface area is 128 Å². The van der Waals surface area contributed by atoms with E-state index in [1.165, 1.54) is 5.56 Å². The molecule has 3 N–H and O–H groups in total. The third-order valence-corrected chi connectivity index (χ3v) is 4.09. The number of nitrogens with two attached hydrogens (primary N) is 1. The van der Waals surface area contributed by atoms with Gasteiger partial charge < -0.3 is 15.7 Å². The fourth-order valence-electron chi connectivity index (χ4n) is 2.81. The minimum absolute atomic E-state index is 0.183. The summed E-state index contributed by atoms with van der Waals surface area (Å²) in [5.41, 5.74) is 6.60. The second-order valence-electron chi connectivity index (χ2n) is 5.49. The summed E-state index contributed by atoms with van der Waals surface area (Å²) < 4.78 is 0. The van der Waals surface area contributed by atoms with Gasteiger partial charge in [0.1, 0.15) is 5.75 Å². The van der Waals surface area contributed by atoms with Gasteiger partial charge in [-0.15, -0.1) is 10.2 Å². The monoisotopic (exact) mass is 298 g/mol. The number of hydrogen-bond donors (Lipinski definition) is 2. The molecule has 0 bridgehead atoms. The Kier molecular flexibility index (Phi) is 3.91. The molecule has 0 atom stereocenters. The van der Waals surface area contributed by atoms with E-state index in [-0.39, 0.29) is 5.69 Å². The van der Waals surface area contributed by atoms with Gasteiger partial charge in [0.05, 0.1) is 0 Å². The smallest absolute Gasteiger partial charge is 0.269 e. The zero-order valence-electron chi connectivity index (χ0n) is 12.1. The number of carbonyl (C=O) groups excluding carboxylic acids is 1. The van der Waals surface area contributed by atoms with E-state index in [0.29, 0.717) is 11.7 Å². The number of aromatic hydroxyl groups is 1. The van der Waals surface area contributed by atoms with Crippen molar-refractivity contribution in [3.8, 4) is 5.75 Å². The van der Waals surface area contributed by atoms with Crippen LogP contribution in [0.2, 0.25) is 0 Å². The number of benzene rings is 1.